The maximum Gasteiger partial charge on any atom is 0.239 e. The summed E-state index contributed by atoms with van der Waals surface area (Å²) in [6.07, 6.45) is 7.02. The molecule has 0 aromatic carbocycles. The molecule has 1 unspecified atom stereocenters. The highest BCUT2D eigenvalue weighted by Gasteiger charge is 2.30. The number of piperidine rings is 1. The van der Waals surface area contributed by atoms with Gasteiger partial charge in [0, 0.05) is 33.5 Å². The van der Waals surface area contributed by atoms with Crippen LogP contribution in [0.2, 0.25) is 0 Å². The van der Waals surface area contributed by atoms with Crippen molar-refractivity contribution in [2.24, 2.45) is 7.05 Å². The number of rotatable bonds is 3. The summed E-state index contributed by atoms with van der Waals surface area (Å²) in [5.74, 6) is 1.23. The standard InChI is InChI=1S/C13H22N4O/c1-15(2)13(18)11-6-4-5-8-17(11)10-12-14-7-9-16(12)3/h7,9,11H,4-6,8,10H2,1-3H3. The molecule has 0 aliphatic carbocycles. The van der Waals surface area contributed by atoms with Crippen molar-refractivity contribution in [2.45, 2.75) is 31.8 Å². The number of hydrogen-bond acceptors (Lipinski definition) is 3. The highest BCUT2D eigenvalue weighted by molar-refractivity contribution is 5.81. The van der Waals surface area contributed by atoms with Crippen molar-refractivity contribution in [3.05, 3.63) is 18.2 Å². The first-order valence-electron chi connectivity index (χ1n) is 6.51. The molecular formula is C13H22N4O. The lowest BCUT2D eigenvalue weighted by molar-refractivity contribution is -0.136. The molecule has 1 saturated heterocycles. The normalized spacial score (nSPS) is 20.9. The summed E-state index contributed by atoms with van der Waals surface area (Å²) < 4.78 is 2.02. The van der Waals surface area contributed by atoms with Crippen molar-refractivity contribution in [1.82, 2.24) is 19.4 Å². The van der Waals surface area contributed by atoms with E-state index in [9.17, 15) is 4.79 Å². The number of likely N-dealkylation sites (tertiary alicyclic amines) is 1. The maximum absolute atomic E-state index is 12.2. The maximum atomic E-state index is 12.2. The third-order valence-corrected chi connectivity index (χ3v) is 3.60. The topological polar surface area (TPSA) is 41.4 Å². The van der Waals surface area contributed by atoms with Gasteiger partial charge in [-0.25, -0.2) is 4.98 Å². The Morgan fingerprint density at radius 1 is 1.50 bits per heavy atom. The molecule has 100 valence electrons. The number of imidazole rings is 1. The van der Waals surface area contributed by atoms with Crippen LogP contribution in [0.15, 0.2) is 12.4 Å². The van der Waals surface area contributed by atoms with Gasteiger partial charge < -0.3 is 9.47 Å². The van der Waals surface area contributed by atoms with Crippen LogP contribution in [-0.2, 0) is 18.4 Å². The molecule has 0 spiro atoms. The molecule has 0 saturated carbocycles. The number of carbonyl (C=O) groups excluding carboxylic acids is 1. The van der Waals surface area contributed by atoms with Gasteiger partial charge >= 0.3 is 0 Å². The highest BCUT2D eigenvalue weighted by atomic mass is 16.2. The average molecular weight is 250 g/mol. The van der Waals surface area contributed by atoms with Gasteiger partial charge in [-0.15, -0.1) is 0 Å². The summed E-state index contributed by atoms with van der Waals surface area (Å²) in [6.45, 7) is 1.74. The lowest BCUT2D eigenvalue weighted by Crippen LogP contribution is -2.48. The lowest BCUT2D eigenvalue weighted by Gasteiger charge is -2.35. The van der Waals surface area contributed by atoms with Crippen LogP contribution in [0, 0.1) is 0 Å². The van der Waals surface area contributed by atoms with E-state index in [-0.39, 0.29) is 11.9 Å². The van der Waals surface area contributed by atoms with Crippen molar-refractivity contribution < 1.29 is 4.79 Å². The van der Waals surface area contributed by atoms with E-state index in [0.29, 0.717) is 0 Å². The van der Waals surface area contributed by atoms with Crippen LogP contribution in [0.3, 0.4) is 0 Å². The van der Waals surface area contributed by atoms with Crippen LogP contribution < -0.4 is 0 Å². The van der Waals surface area contributed by atoms with E-state index in [0.717, 1.165) is 31.8 Å². The second-order valence-electron chi connectivity index (χ2n) is 5.17. The van der Waals surface area contributed by atoms with E-state index in [1.807, 2.05) is 38.1 Å². The summed E-state index contributed by atoms with van der Waals surface area (Å²) in [5, 5.41) is 0. The Labute approximate surface area is 108 Å². The number of aryl methyl sites for hydroxylation is 1. The van der Waals surface area contributed by atoms with Gasteiger partial charge in [-0.2, -0.15) is 0 Å². The van der Waals surface area contributed by atoms with Crippen molar-refractivity contribution in [3.8, 4) is 0 Å². The highest BCUT2D eigenvalue weighted by Crippen LogP contribution is 2.20. The number of aromatic nitrogens is 2. The van der Waals surface area contributed by atoms with Crippen LogP contribution in [0.25, 0.3) is 0 Å². The second-order valence-corrected chi connectivity index (χ2v) is 5.17. The molecule has 5 nitrogen and oxygen atoms in total. The SMILES string of the molecule is CN(C)C(=O)C1CCCCN1Cc1nccn1C. The predicted octanol–water partition coefficient (Wildman–Crippen LogP) is 0.863. The van der Waals surface area contributed by atoms with Crippen molar-refractivity contribution in [3.63, 3.8) is 0 Å². The Balaban J connectivity index is 2.09. The quantitative estimate of drug-likeness (QED) is 0.799. The molecule has 5 heteroatoms. The molecule has 0 bridgehead atoms. The van der Waals surface area contributed by atoms with Gasteiger partial charge in [0.15, 0.2) is 0 Å². The molecule has 0 radical (unpaired) electrons. The van der Waals surface area contributed by atoms with Gasteiger partial charge in [-0.05, 0) is 19.4 Å². The third kappa shape index (κ3) is 2.72. The Bertz CT molecular complexity index is 413. The van der Waals surface area contributed by atoms with Crippen molar-refractivity contribution in [1.29, 1.82) is 0 Å². The van der Waals surface area contributed by atoms with Gasteiger partial charge in [0.2, 0.25) is 5.91 Å². The fourth-order valence-corrected chi connectivity index (χ4v) is 2.49. The summed E-state index contributed by atoms with van der Waals surface area (Å²) in [7, 11) is 5.65. The van der Waals surface area contributed by atoms with Gasteiger partial charge in [0.1, 0.15) is 5.82 Å². The first-order valence-corrected chi connectivity index (χ1v) is 6.51. The number of amides is 1. The third-order valence-electron chi connectivity index (χ3n) is 3.60. The van der Waals surface area contributed by atoms with Gasteiger partial charge in [-0.1, -0.05) is 6.42 Å². The summed E-state index contributed by atoms with van der Waals surface area (Å²) in [5.41, 5.74) is 0. The van der Waals surface area contributed by atoms with E-state index in [4.69, 9.17) is 0 Å². The van der Waals surface area contributed by atoms with Crippen molar-refractivity contribution in [2.75, 3.05) is 20.6 Å². The Kier molecular flexibility index (Phi) is 4.01. The molecule has 1 atom stereocenters. The van der Waals surface area contributed by atoms with E-state index in [1.165, 1.54) is 6.42 Å². The van der Waals surface area contributed by atoms with E-state index in [2.05, 4.69) is 9.88 Å². The molecule has 1 amide bonds. The molecule has 1 aromatic rings. The molecule has 2 rings (SSSR count). The zero-order valence-corrected chi connectivity index (χ0v) is 11.5. The number of likely N-dealkylation sites (N-methyl/N-ethyl adjacent to an activating group) is 1. The first-order chi connectivity index (χ1) is 8.59. The fraction of sp³-hybridized carbons (Fsp3) is 0.692. The number of nitrogens with zero attached hydrogens (tertiary/aromatic N) is 4. The minimum absolute atomic E-state index is 0.0189. The van der Waals surface area contributed by atoms with Gasteiger partial charge in [0.25, 0.3) is 0 Å². The summed E-state index contributed by atoms with van der Waals surface area (Å²) >= 11 is 0. The van der Waals surface area contributed by atoms with Crippen LogP contribution in [0.4, 0.5) is 0 Å². The van der Waals surface area contributed by atoms with E-state index in [1.54, 1.807) is 4.90 Å². The smallest absolute Gasteiger partial charge is 0.239 e. The largest absolute Gasteiger partial charge is 0.347 e. The molecule has 1 fully saturated rings. The van der Waals surface area contributed by atoms with Gasteiger partial charge in [0.05, 0.1) is 12.6 Å². The number of hydrogen-bond donors (Lipinski definition) is 0. The monoisotopic (exact) mass is 250 g/mol. The number of carbonyl (C=O) groups is 1. The van der Waals surface area contributed by atoms with Crippen LogP contribution in [0.1, 0.15) is 25.1 Å². The Hall–Kier alpha value is -1.36. The van der Waals surface area contributed by atoms with Crippen molar-refractivity contribution >= 4 is 5.91 Å². The lowest BCUT2D eigenvalue weighted by atomic mass is 10.0. The van der Waals surface area contributed by atoms with Crippen LogP contribution in [0.5, 0.6) is 0 Å². The zero-order chi connectivity index (χ0) is 13.1. The second kappa shape index (κ2) is 5.52. The molecule has 1 aromatic heterocycles. The molecule has 2 heterocycles. The predicted molar refractivity (Wildman–Crippen MR) is 70.0 cm³/mol. The molecule has 1 aliphatic rings. The Morgan fingerprint density at radius 3 is 2.89 bits per heavy atom. The average Bonchev–Trinajstić information content (AvgIpc) is 2.75. The Morgan fingerprint density at radius 2 is 2.28 bits per heavy atom. The molecule has 0 N–H and O–H groups in total. The van der Waals surface area contributed by atoms with Gasteiger partial charge in [-0.3, -0.25) is 9.69 Å². The molecular weight excluding hydrogens is 228 g/mol. The first kappa shape index (κ1) is 13.1. The summed E-state index contributed by atoms with van der Waals surface area (Å²) in [4.78, 5) is 20.5. The van der Waals surface area contributed by atoms with Crippen LogP contribution >= 0.6 is 0 Å². The fourth-order valence-electron chi connectivity index (χ4n) is 2.49. The molecule has 18 heavy (non-hydrogen) atoms. The van der Waals surface area contributed by atoms with Crippen LogP contribution in [-0.4, -0.2) is 51.9 Å². The van der Waals surface area contributed by atoms with E-state index >= 15 is 0 Å². The summed E-state index contributed by atoms with van der Waals surface area (Å²) in [6, 6.07) is 0.0189. The van der Waals surface area contributed by atoms with E-state index < -0.39 is 0 Å². The zero-order valence-electron chi connectivity index (χ0n) is 11.5. The minimum Gasteiger partial charge on any atom is -0.347 e. The molecule has 1 aliphatic heterocycles. The minimum atomic E-state index is 0.0189.